The lowest BCUT2D eigenvalue weighted by Crippen LogP contribution is -2.49. The van der Waals surface area contributed by atoms with Crippen molar-refractivity contribution in [2.45, 2.75) is 46.7 Å². The molecular weight excluding hydrogens is 302 g/mol. The standard InChI is InChI=1S/C19H31N3O2/c1-5-16(4)20-19(24)13-22-8-6-21(7-9-22)12-17-10-14(2)15(3)11-18(17)23/h10-11,16,23H,5-9,12-13H2,1-4H3,(H,20,24)/t16-/m1/s1. The van der Waals surface area contributed by atoms with Gasteiger partial charge in [-0.15, -0.1) is 0 Å². The Kier molecular flexibility index (Phi) is 6.63. The van der Waals surface area contributed by atoms with E-state index < -0.39 is 0 Å². The maximum Gasteiger partial charge on any atom is 0.234 e. The van der Waals surface area contributed by atoms with Gasteiger partial charge in [0.1, 0.15) is 5.75 Å². The van der Waals surface area contributed by atoms with E-state index in [0.717, 1.165) is 50.3 Å². The molecule has 0 aliphatic carbocycles. The molecule has 0 aromatic heterocycles. The van der Waals surface area contributed by atoms with Crippen LogP contribution in [0.3, 0.4) is 0 Å². The number of carbonyl (C=O) groups is 1. The fraction of sp³-hybridized carbons (Fsp3) is 0.632. The van der Waals surface area contributed by atoms with Crippen LogP contribution in [0.2, 0.25) is 0 Å². The third-order valence-electron chi connectivity index (χ3n) is 4.94. The zero-order chi connectivity index (χ0) is 17.7. The number of nitrogens with zero attached hydrogens (tertiary/aromatic N) is 2. The molecule has 0 unspecified atom stereocenters. The van der Waals surface area contributed by atoms with Gasteiger partial charge in [0.15, 0.2) is 0 Å². The number of phenols is 1. The first-order chi connectivity index (χ1) is 11.4. The van der Waals surface area contributed by atoms with Gasteiger partial charge in [-0.3, -0.25) is 14.6 Å². The van der Waals surface area contributed by atoms with Crippen LogP contribution in [0.4, 0.5) is 0 Å². The number of aryl methyl sites for hydroxylation is 2. The van der Waals surface area contributed by atoms with E-state index in [1.165, 1.54) is 5.56 Å². The second-order valence-corrected chi connectivity index (χ2v) is 6.99. The minimum Gasteiger partial charge on any atom is -0.508 e. The SMILES string of the molecule is CC[C@@H](C)NC(=O)CN1CCN(Cc2cc(C)c(C)cc2O)CC1. The van der Waals surface area contributed by atoms with Crippen molar-refractivity contribution in [1.82, 2.24) is 15.1 Å². The maximum atomic E-state index is 12.0. The number of carbonyl (C=O) groups excluding carboxylic acids is 1. The van der Waals surface area contributed by atoms with E-state index in [2.05, 4.69) is 35.0 Å². The largest absolute Gasteiger partial charge is 0.508 e. The summed E-state index contributed by atoms with van der Waals surface area (Å²) in [6.45, 7) is 13.1. The van der Waals surface area contributed by atoms with Crippen molar-refractivity contribution < 1.29 is 9.90 Å². The quantitative estimate of drug-likeness (QED) is 0.836. The highest BCUT2D eigenvalue weighted by Crippen LogP contribution is 2.23. The van der Waals surface area contributed by atoms with E-state index in [1.807, 2.05) is 19.9 Å². The molecule has 1 aliphatic heterocycles. The number of aromatic hydroxyl groups is 1. The second kappa shape index (κ2) is 8.49. The van der Waals surface area contributed by atoms with Crippen LogP contribution in [-0.2, 0) is 11.3 Å². The first-order valence-corrected chi connectivity index (χ1v) is 8.92. The van der Waals surface area contributed by atoms with Crippen LogP contribution in [0, 0.1) is 13.8 Å². The van der Waals surface area contributed by atoms with E-state index in [4.69, 9.17) is 0 Å². The molecule has 1 heterocycles. The Labute approximate surface area is 145 Å². The fourth-order valence-corrected chi connectivity index (χ4v) is 2.96. The summed E-state index contributed by atoms with van der Waals surface area (Å²) < 4.78 is 0. The third-order valence-corrected chi connectivity index (χ3v) is 4.94. The minimum atomic E-state index is 0.115. The Morgan fingerprint density at radius 1 is 1.17 bits per heavy atom. The molecule has 5 nitrogen and oxygen atoms in total. The van der Waals surface area contributed by atoms with Gasteiger partial charge in [-0.1, -0.05) is 13.0 Å². The molecular formula is C19H31N3O2. The summed E-state index contributed by atoms with van der Waals surface area (Å²) in [5.41, 5.74) is 3.32. The number of hydrogen-bond acceptors (Lipinski definition) is 4. The van der Waals surface area contributed by atoms with Crippen LogP contribution >= 0.6 is 0 Å². The summed E-state index contributed by atoms with van der Waals surface area (Å²) in [6.07, 6.45) is 0.957. The maximum absolute atomic E-state index is 12.0. The molecule has 1 amide bonds. The first-order valence-electron chi connectivity index (χ1n) is 8.92. The second-order valence-electron chi connectivity index (χ2n) is 6.99. The van der Waals surface area contributed by atoms with Crippen molar-refractivity contribution in [1.29, 1.82) is 0 Å². The summed E-state index contributed by atoms with van der Waals surface area (Å²) in [7, 11) is 0. The Hall–Kier alpha value is -1.59. The average Bonchev–Trinajstić information content (AvgIpc) is 2.54. The molecule has 5 heteroatoms. The number of rotatable bonds is 6. The van der Waals surface area contributed by atoms with Crippen molar-refractivity contribution in [3.8, 4) is 5.75 Å². The average molecular weight is 333 g/mol. The summed E-state index contributed by atoms with van der Waals surface area (Å²) in [6, 6.07) is 4.17. The molecule has 24 heavy (non-hydrogen) atoms. The van der Waals surface area contributed by atoms with E-state index >= 15 is 0 Å². The van der Waals surface area contributed by atoms with E-state index in [-0.39, 0.29) is 11.9 Å². The molecule has 0 spiro atoms. The normalized spacial score (nSPS) is 17.7. The highest BCUT2D eigenvalue weighted by molar-refractivity contribution is 5.78. The molecule has 134 valence electrons. The van der Waals surface area contributed by atoms with E-state index in [0.29, 0.717) is 12.3 Å². The third kappa shape index (κ3) is 5.21. The van der Waals surface area contributed by atoms with Crippen LogP contribution in [-0.4, -0.2) is 59.6 Å². The van der Waals surface area contributed by atoms with Crippen molar-refractivity contribution in [3.05, 3.63) is 28.8 Å². The zero-order valence-corrected chi connectivity index (χ0v) is 15.4. The summed E-state index contributed by atoms with van der Waals surface area (Å²) in [5, 5.41) is 13.2. The molecule has 1 fully saturated rings. The monoisotopic (exact) mass is 333 g/mol. The number of benzene rings is 1. The number of nitrogens with one attached hydrogen (secondary N) is 1. The zero-order valence-electron chi connectivity index (χ0n) is 15.4. The lowest BCUT2D eigenvalue weighted by Gasteiger charge is -2.34. The number of piperazine rings is 1. The molecule has 1 aromatic carbocycles. The minimum absolute atomic E-state index is 0.115. The molecule has 2 N–H and O–H groups in total. The summed E-state index contributed by atoms with van der Waals surface area (Å²) in [4.78, 5) is 16.5. The molecule has 2 rings (SSSR count). The van der Waals surface area contributed by atoms with Crippen molar-refractivity contribution in [2.75, 3.05) is 32.7 Å². The van der Waals surface area contributed by atoms with Gasteiger partial charge in [-0.25, -0.2) is 0 Å². The van der Waals surface area contributed by atoms with Crippen molar-refractivity contribution in [2.24, 2.45) is 0 Å². The van der Waals surface area contributed by atoms with Gasteiger partial charge in [0.05, 0.1) is 6.54 Å². The Bertz CT molecular complexity index is 566. The lowest BCUT2D eigenvalue weighted by molar-refractivity contribution is -0.123. The van der Waals surface area contributed by atoms with E-state index in [1.54, 1.807) is 0 Å². The fourth-order valence-electron chi connectivity index (χ4n) is 2.96. The predicted octanol–water partition coefficient (Wildman–Crippen LogP) is 2.04. The Morgan fingerprint density at radius 2 is 1.75 bits per heavy atom. The summed E-state index contributed by atoms with van der Waals surface area (Å²) >= 11 is 0. The number of phenolic OH excluding ortho intramolecular Hbond substituents is 1. The van der Waals surface area contributed by atoms with Gasteiger partial charge in [0.25, 0.3) is 0 Å². The number of hydrogen-bond donors (Lipinski definition) is 2. The molecule has 1 atom stereocenters. The van der Waals surface area contributed by atoms with Gasteiger partial charge < -0.3 is 10.4 Å². The highest BCUT2D eigenvalue weighted by Gasteiger charge is 2.20. The van der Waals surface area contributed by atoms with Crippen LogP contribution in [0.5, 0.6) is 5.75 Å². The van der Waals surface area contributed by atoms with Crippen molar-refractivity contribution in [3.63, 3.8) is 0 Å². The van der Waals surface area contributed by atoms with Gasteiger partial charge in [-0.05, 0) is 44.4 Å². The van der Waals surface area contributed by atoms with Crippen LogP contribution in [0.25, 0.3) is 0 Å². The predicted molar refractivity (Wildman–Crippen MR) is 97.2 cm³/mol. The van der Waals surface area contributed by atoms with E-state index in [9.17, 15) is 9.90 Å². The topological polar surface area (TPSA) is 55.8 Å². The van der Waals surface area contributed by atoms with Gasteiger partial charge in [0, 0.05) is 44.3 Å². The van der Waals surface area contributed by atoms with Gasteiger partial charge in [-0.2, -0.15) is 0 Å². The molecule has 1 aliphatic rings. The summed E-state index contributed by atoms with van der Waals surface area (Å²) in [5.74, 6) is 0.498. The van der Waals surface area contributed by atoms with Crippen LogP contribution < -0.4 is 5.32 Å². The Balaban J connectivity index is 1.81. The van der Waals surface area contributed by atoms with Crippen LogP contribution in [0.15, 0.2) is 12.1 Å². The molecule has 0 bridgehead atoms. The highest BCUT2D eigenvalue weighted by atomic mass is 16.3. The first kappa shape index (κ1) is 18.7. The van der Waals surface area contributed by atoms with Crippen LogP contribution in [0.1, 0.15) is 37.0 Å². The number of amides is 1. The Morgan fingerprint density at radius 3 is 2.38 bits per heavy atom. The molecule has 0 saturated carbocycles. The van der Waals surface area contributed by atoms with Crippen molar-refractivity contribution >= 4 is 5.91 Å². The molecule has 1 saturated heterocycles. The lowest BCUT2D eigenvalue weighted by atomic mass is 10.0. The van der Waals surface area contributed by atoms with Gasteiger partial charge in [0.2, 0.25) is 5.91 Å². The van der Waals surface area contributed by atoms with Gasteiger partial charge >= 0.3 is 0 Å². The molecule has 0 radical (unpaired) electrons. The smallest absolute Gasteiger partial charge is 0.234 e. The molecule has 1 aromatic rings.